The minimum Gasteiger partial charge on any atom is -0.404 e. The van der Waals surface area contributed by atoms with Gasteiger partial charge in [-0.25, -0.2) is 0 Å². The summed E-state index contributed by atoms with van der Waals surface area (Å²) in [5, 5.41) is 8.87. The molecule has 0 atom stereocenters. The maximum Gasteiger partial charge on any atom is 0.573 e. The third kappa shape index (κ3) is 3.22. The summed E-state index contributed by atoms with van der Waals surface area (Å²) >= 11 is 0. The molecule has 96 valence electrons. The zero-order valence-corrected chi connectivity index (χ0v) is 9.48. The predicted molar refractivity (Wildman–Crippen MR) is 61.1 cm³/mol. The largest absolute Gasteiger partial charge is 0.573 e. The SMILES string of the molecule is N#Cc1cc(-c2cccnc2)ccc1OC(F)(F)F. The van der Waals surface area contributed by atoms with Gasteiger partial charge in [-0.05, 0) is 23.8 Å². The Kier molecular flexibility index (Phi) is 3.38. The molecule has 0 fully saturated rings. The minimum atomic E-state index is -4.82. The third-order valence-corrected chi connectivity index (χ3v) is 2.32. The molecule has 0 spiro atoms. The number of hydrogen-bond acceptors (Lipinski definition) is 3. The molecule has 1 aromatic carbocycles. The van der Waals surface area contributed by atoms with Crippen molar-refractivity contribution in [1.82, 2.24) is 4.98 Å². The van der Waals surface area contributed by atoms with Crippen molar-refractivity contribution in [3.63, 3.8) is 0 Å². The molecule has 0 aliphatic heterocycles. The minimum absolute atomic E-state index is 0.182. The van der Waals surface area contributed by atoms with Gasteiger partial charge in [0, 0.05) is 18.0 Å². The number of nitriles is 1. The van der Waals surface area contributed by atoms with E-state index in [0.29, 0.717) is 11.1 Å². The fourth-order valence-electron chi connectivity index (χ4n) is 1.54. The van der Waals surface area contributed by atoms with E-state index in [1.165, 1.54) is 12.1 Å². The van der Waals surface area contributed by atoms with Gasteiger partial charge in [0.1, 0.15) is 11.8 Å². The summed E-state index contributed by atoms with van der Waals surface area (Å²) in [5.74, 6) is -0.511. The van der Waals surface area contributed by atoms with Crippen LogP contribution in [0.3, 0.4) is 0 Å². The summed E-state index contributed by atoms with van der Waals surface area (Å²) in [6, 6.07) is 9.02. The number of alkyl halides is 3. The molecule has 19 heavy (non-hydrogen) atoms. The molecule has 0 aliphatic carbocycles. The van der Waals surface area contributed by atoms with Crippen molar-refractivity contribution in [3.8, 4) is 22.9 Å². The van der Waals surface area contributed by atoms with Crippen LogP contribution in [0, 0.1) is 11.3 Å². The number of halogens is 3. The van der Waals surface area contributed by atoms with Gasteiger partial charge in [0.05, 0.1) is 5.56 Å². The van der Waals surface area contributed by atoms with E-state index in [2.05, 4.69) is 9.72 Å². The third-order valence-electron chi connectivity index (χ3n) is 2.32. The number of nitrogens with zero attached hydrogens (tertiary/aromatic N) is 2. The van der Waals surface area contributed by atoms with Gasteiger partial charge in [0.15, 0.2) is 0 Å². The summed E-state index contributed by atoms with van der Waals surface area (Å²) < 4.78 is 40.2. The molecule has 2 aromatic rings. The van der Waals surface area contributed by atoms with Crippen molar-refractivity contribution in [2.45, 2.75) is 6.36 Å². The highest BCUT2D eigenvalue weighted by Gasteiger charge is 2.32. The number of hydrogen-bond donors (Lipinski definition) is 0. The fourth-order valence-corrected chi connectivity index (χ4v) is 1.54. The second-order valence-corrected chi connectivity index (χ2v) is 3.61. The highest BCUT2D eigenvalue weighted by molar-refractivity contribution is 5.66. The molecular formula is C13H7F3N2O. The molecule has 0 aliphatic rings. The molecule has 1 aromatic heterocycles. The van der Waals surface area contributed by atoms with Crippen molar-refractivity contribution < 1.29 is 17.9 Å². The Bertz CT molecular complexity index is 618. The predicted octanol–water partition coefficient (Wildman–Crippen LogP) is 3.52. The molecule has 0 saturated heterocycles. The van der Waals surface area contributed by atoms with Crippen molar-refractivity contribution in [2.24, 2.45) is 0 Å². The van der Waals surface area contributed by atoms with Crippen LogP contribution in [-0.2, 0) is 0 Å². The standard InChI is InChI=1S/C13H7F3N2O/c14-13(15,16)19-12-4-3-9(6-11(12)7-17)10-2-1-5-18-8-10/h1-6,8H. The lowest BCUT2D eigenvalue weighted by Crippen LogP contribution is -2.17. The van der Waals surface area contributed by atoms with Gasteiger partial charge in [0.25, 0.3) is 0 Å². The average molecular weight is 264 g/mol. The molecule has 0 unspecified atom stereocenters. The monoisotopic (exact) mass is 264 g/mol. The zero-order valence-electron chi connectivity index (χ0n) is 9.48. The molecule has 1 heterocycles. The quantitative estimate of drug-likeness (QED) is 0.833. The molecule has 0 N–H and O–H groups in total. The van der Waals surface area contributed by atoms with Gasteiger partial charge in [-0.2, -0.15) is 5.26 Å². The number of aromatic nitrogens is 1. The highest BCUT2D eigenvalue weighted by Crippen LogP contribution is 2.29. The van der Waals surface area contributed by atoms with E-state index >= 15 is 0 Å². The zero-order chi connectivity index (χ0) is 13.9. The van der Waals surface area contributed by atoms with Crippen LogP contribution in [0.4, 0.5) is 13.2 Å². The molecule has 3 nitrogen and oxygen atoms in total. The maximum atomic E-state index is 12.1. The molecule has 0 amide bonds. The van der Waals surface area contributed by atoms with Crippen LogP contribution >= 0.6 is 0 Å². The lowest BCUT2D eigenvalue weighted by Gasteiger charge is -2.11. The second kappa shape index (κ2) is 4.98. The molecule has 0 radical (unpaired) electrons. The molecule has 0 saturated carbocycles. The van der Waals surface area contributed by atoms with E-state index in [-0.39, 0.29) is 5.56 Å². The summed E-state index contributed by atoms with van der Waals surface area (Å²) in [4.78, 5) is 3.90. The van der Waals surface area contributed by atoms with Crippen LogP contribution in [0.25, 0.3) is 11.1 Å². The smallest absolute Gasteiger partial charge is 0.404 e. The van der Waals surface area contributed by atoms with Gasteiger partial charge in [-0.3, -0.25) is 4.98 Å². The Morgan fingerprint density at radius 1 is 1.16 bits per heavy atom. The summed E-state index contributed by atoms with van der Waals surface area (Å²) in [7, 11) is 0. The topological polar surface area (TPSA) is 45.9 Å². The fraction of sp³-hybridized carbons (Fsp3) is 0.0769. The molecule has 6 heteroatoms. The van der Waals surface area contributed by atoms with Crippen molar-refractivity contribution in [3.05, 3.63) is 48.3 Å². The number of ether oxygens (including phenoxy) is 1. The first-order valence-corrected chi connectivity index (χ1v) is 5.20. The summed E-state index contributed by atoms with van der Waals surface area (Å²) in [6.45, 7) is 0. The maximum absolute atomic E-state index is 12.1. The first kappa shape index (κ1) is 12.9. The Morgan fingerprint density at radius 3 is 2.53 bits per heavy atom. The average Bonchev–Trinajstić information content (AvgIpc) is 2.38. The van der Waals surface area contributed by atoms with Crippen molar-refractivity contribution >= 4 is 0 Å². The Balaban J connectivity index is 2.40. The van der Waals surface area contributed by atoms with E-state index in [4.69, 9.17) is 5.26 Å². The molecule has 2 rings (SSSR count). The van der Waals surface area contributed by atoms with Crippen LogP contribution in [-0.4, -0.2) is 11.3 Å². The summed E-state index contributed by atoms with van der Waals surface area (Å²) in [5.41, 5.74) is 1.12. The first-order chi connectivity index (χ1) is 8.99. The number of pyridine rings is 1. The first-order valence-electron chi connectivity index (χ1n) is 5.20. The van der Waals surface area contributed by atoms with Crippen LogP contribution in [0.15, 0.2) is 42.7 Å². The van der Waals surface area contributed by atoms with Gasteiger partial charge < -0.3 is 4.74 Å². The highest BCUT2D eigenvalue weighted by atomic mass is 19.4. The lowest BCUT2D eigenvalue weighted by molar-refractivity contribution is -0.274. The Morgan fingerprint density at radius 2 is 1.95 bits per heavy atom. The van der Waals surface area contributed by atoms with E-state index in [1.807, 2.05) is 0 Å². The number of benzene rings is 1. The van der Waals surface area contributed by atoms with Gasteiger partial charge in [-0.15, -0.1) is 13.2 Å². The van der Waals surface area contributed by atoms with Crippen molar-refractivity contribution in [1.29, 1.82) is 5.26 Å². The van der Waals surface area contributed by atoms with Crippen LogP contribution in [0.5, 0.6) is 5.75 Å². The van der Waals surface area contributed by atoms with E-state index in [0.717, 1.165) is 6.07 Å². The van der Waals surface area contributed by atoms with Gasteiger partial charge >= 0.3 is 6.36 Å². The van der Waals surface area contributed by atoms with E-state index in [9.17, 15) is 13.2 Å². The Hall–Kier alpha value is -2.55. The van der Waals surface area contributed by atoms with Gasteiger partial charge in [-0.1, -0.05) is 12.1 Å². The molecule has 0 bridgehead atoms. The lowest BCUT2D eigenvalue weighted by atomic mass is 10.0. The van der Waals surface area contributed by atoms with E-state index < -0.39 is 12.1 Å². The van der Waals surface area contributed by atoms with E-state index in [1.54, 1.807) is 30.6 Å². The second-order valence-electron chi connectivity index (χ2n) is 3.61. The molecular weight excluding hydrogens is 257 g/mol. The van der Waals surface area contributed by atoms with Crippen LogP contribution < -0.4 is 4.74 Å². The van der Waals surface area contributed by atoms with Crippen molar-refractivity contribution in [2.75, 3.05) is 0 Å². The Labute approximate surface area is 106 Å². The van der Waals surface area contributed by atoms with Crippen LogP contribution in [0.2, 0.25) is 0 Å². The summed E-state index contributed by atoms with van der Waals surface area (Å²) in [6.07, 6.45) is -1.68. The number of rotatable bonds is 2. The van der Waals surface area contributed by atoms with Gasteiger partial charge in [0.2, 0.25) is 0 Å². The normalized spacial score (nSPS) is 10.8. The van der Waals surface area contributed by atoms with Crippen LogP contribution in [0.1, 0.15) is 5.56 Å².